The molecule has 16 heavy (non-hydrogen) atoms. The zero-order valence-electron chi connectivity index (χ0n) is 9.68. The first kappa shape index (κ1) is 11.6. The lowest BCUT2D eigenvalue weighted by molar-refractivity contribution is -0.145. The minimum Gasteiger partial charge on any atom is -0.462 e. The van der Waals surface area contributed by atoms with Crippen LogP contribution in [0.4, 0.5) is 0 Å². The van der Waals surface area contributed by atoms with Crippen molar-refractivity contribution in [2.45, 2.75) is 39.2 Å². The van der Waals surface area contributed by atoms with Gasteiger partial charge in [-0.1, -0.05) is 20.3 Å². The number of rotatable bonds is 4. The first-order valence-corrected chi connectivity index (χ1v) is 6.66. The Bertz CT molecular complexity index is 350. The van der Waals surface area contributed by atoms with Gasteiger partial charge in [-0.15, -0.1) is 11.3 Å². The molecule has 4 heteroatoms. The highest BCUT2D eigenvalue weighted by Gasteiger charge is 2.36. The molecular formula is C12H17NO2S. The van der Waals surface area contributed by atoms with Gasteiger partial charge in [0.1, 0.15) is 6.10 Å². The lowest BCUT2D eigenvalue weighted by Gasteiger charge is -2.15. The van der Waals surface area contributed by atoms with Crippen molar-refractivity contribution in [3.63, 3.8) is 0 Å². The molecule has 0 bridgehead atoms. The van der Waals surface area contributed by atoms with E-state index >= 15 is 0 Å². The molecule has 0 N–H and O–H groups in total. The summed E-state index contributed by atoms with van der Waals surface area (Å²) in [6.45, 7) is 4.28. The summed E-state index contributed by atoms with van der Waals surface area (Å²) in [6.07, 6.45) is 4.68. The number of cyclic esters (lactones) is 1. The molecule has 1 aliphatic rings. The van der Waals surface area contributed by atoms with E-state index in [1.165, 1.54) is 4.88 Å². The quantitative estimate of drug-likeness (QED) is 0.758. The second-order valence-corrected chi connectivity index (χ2v) is 5.44. The van der Waals surface area contributed by atoms with Crippen molar-refractivity contribution < 1.29 is 9.53 Å². The Labute approximate surface area is 99.8 Å². The summed E-state index contributed by atoms with van der Waals surface area (Å²) < 4.78 is 5.42. The van der Waals surface area contributed by atoms with Gasteiger partial charge in [0.15, 0.2) is 0 Å². The lowest BCUT2D eigenvalue weighted by atomic mass is 9.93. The maximum atomic E-state index is 11.7. The van der Waals surface area contributed by atoms with Crippen molar-refractivity contribution in [3.05, 3.63) is 16.6 Å². The lowest BCUT2D eigenvalue weighted by Crippen LogP contribution is -2.16. The zero-order valence-corrected chi connectivity index (χ0v) is 10.5. The molecular weight excluding hydrogens is 222 g/mol. The number of esters is 1. The van der Waals surface area contributed by atoms with Crippen molar-refractivity contribution in [1.29, 1.82) is 0 Å². The molecule has 1 aliphatic heterocycles. The molecule has 1 aromatic heterocycles. The summed E-state index contributed by atoms with van der Waals surface area (Å²) in [5.74, 6) is 0.480. The first-order chi connectivity index (χ1) is 7.70. The summed E-state index contributed by atoms with van der Waals surface area (Å²) in [5, 5.41) is 0. The molecule has 0 spiro atoms. The average Bonchev–Trinajstić information content (AvgIpc) is 2.89. The van der Waals surface area contributed by atoms with E-state index in [9.17, 15) is 4.79 Å². The van der Waals surface area contributed by atoms with Crippen LogP contribution in [0.5, 0.6) is 0 Å². The highest BCUT2D eigenvalue weighted by Crippen LogP contribution is 2.30. The number of carbonyl (C=O) groups excluding carboxylic acids is 1. The predicted octanol–water partition coefficient (Wildman–Crippen LogP) is 2.66. The van der Waals surface area contributed by atoms with Gasteiger partial charge in [0.25, 0.3) is 0 Å². The van der Waals surface area contributed by atoms with Crippen LogP contribution in [0, 0.1) is 11.8 Å². The highest BCUT2D eigenvalue weighted by molar-refractivity contribution is 7.09. The van der Waals surface area contributed by atoms with Crippen LogP contribution in [0.15, 0.2) is 11.7 Å². The molecule has 2 heterocycles. The predicted molar refractivity (Wildman–Crippen MR) is 63.3 cm³/mol. The van der Waals surface area contributed by atoms with Gasteiger partial charge in [0.05, 0.1) is 11.4 Å². The van der Waals surface area contributed by atoms with Gasteiger partial charge < -0.3 is 4.74 Å². The fourth-order valence-corrected chi connectivity index (χ4v) is 2.71. The van der Waals surface area contributed by atoms with E-state index < -0.39 is 0 Å². The number of aromatic nitrogens is 1. The maximum Gasteiger partial charge on any atom is 0.309 e. The van der Waals surface area contributed by atoms with Crippen LogP contribution >= 0.6 is 11.3 Å². The van der Waals surface area contributed by atoms with Crippen LogP contribution in [0.1, 0.15) is 31.6 Å². The second-order valence-electron chi connectivity index (χ2n) is 4.47. The normalized spacial score (nSPS) is 26.8. The van der Waals surface area contributed by atoms with E-state index in [0.29, 0.717) is 5.92 Å². The second kappa shape index (κ2) is 4.95. The molecule has 2 rings (SSSR count). The Balaban J connectivity index is 1.95. The van der Waals surface area contributed by atoms with E-state index in [1.54, 1.807) is 11.3 Å². The molecule has 1 aromatic rings. The monoisotopic (exact) mass is 239 g/mol. The molecule has 1 fully saturated rings. The molecule has 3 nitrogen and oxygen atoms in total. The molecule has 3 atom stereocenters. The summed E-state index contributed by atoms with van der Waals surface area (Å²) in [4.78, 5) is 16.9. The molecule has 0 aliphatic carbocycles. The standard InChI is InChI=1S/C12H17NO2S/c1-3-8(2)11-5-9(12(14)15-11)4-10-6-13-7-16-10/h6-9,11H,3-5H2,1-2H3. The Morgan fingerprint density at radius 3 is 3.12 bits per heavy atom. The van der Waals surface area contributed by atoms with Gasteiger partial charge in [0, 0.05) is 11.1 Å². The Kier molecular flexibility index (Phi) is 3.59. The molecule has 0 saturated carbocycles. The molecule has 0 radical (unpaired) electrons. The SMILES string of the molecule is CCC(C)C1CC(Cc2cncs2)C(=O)O1. The van der Waals surface area contributed by atoms with Gasteiger partial charge in [-0.3, -0.25) is 9.78 Å². The topological polar surface area (TPSA) is 39.2 Å². The summed E-state index contributed by atoms with van der Waals surface area (Å²) >= 11 is 1.61. The fourth-order valence-electron chi connectivity index (χ4n) is 2.03. The van der Waals surface area contributed by atoms with Crippen LogP contribution in [0.2, 0.25) is 0 Å². The third-order valence-corrected chi connectivity index (χ3v) is 4.13. The molecule has 88 valence electrons. The van der Waals surface area contributed by atoms with Gasteiger partial charge in [-0.2, -0.15) is 0 Å². The van der Waals surface area contributed by atoms with Gasteiger partial charge in [-0.25, -0.2) is 0 Å². The van der Waals surface area contributed by atoms with E-state index in [2.05, 4.69) is 18.8 Å². The Morgan fingerprint density at radius 2 is 2.50 bits per heavy atom. The minimum absolute atomic E-state index is 0.0290. The first-order valence-electron chi connectivity index (χ1n) is 5.78. The number of thiazole rings is 1. The summed E-state index contributed by atoms with van der Waals surface area (Å²) in [5.41, 5.74) is 1.81. The number of carbonyl (C=O) groups is 1. The molecule has 0 aromatic carbocycles. The summed E-state index contributed by atoms with van der Waals surface area (Å²) in [7, 11) is 0. The number of nitrogens with zero attached hydrogens (tertiary/aromatic N) is 1. The van der Waals surface area contributed by atoms with Gasteiger partial charge >= 0.3 is 5.97 Å². The Hall–Kier alpha value is -0.900. The molecule has 1 saturated heterocycles. The van der Waals surface area contributed by atoms with Crippen molar-refractivity contribution in [2.75, 3.05) is 0 Å². The van der Waals surface area contributed by atoms with Crippen molar-refractivity contribution in [3.8, 4) is 0 Å². The average molecular weight is 239 g/mol. The minimum atomic E-state index is -0.0290. The van der Waals surface area contributed by atoms with Crippen LogP contribution in [-0.4, -0.2) is 17.1 Å². The van der Waals surface area contributed by atoms with E-state index in [0.717, 1.165) is 19.3 Å². The molecule has 0 amide bonds. The highest BCUT2D eigenvalue weighted by atomic mass is 32.1. The van der Waals surface area contributed by atoms with Crippen LogP contribution in [0.3, 0.4) is 0 Å². The van der Waals surface area contributed by atoms with Crippen LogP contribution in [0.25, 0.3) is 0 Å². The van der Waals surface area contributed by atoms with Crippen molar-refractivity contribution >= 4 is 17.3 Å². The van der Waals surface area contributed by atoms with E-state index in [-0.39, 0.29) is 18.0 Å². The third-order valence-electron chi connectivity index (χ3n) is 3.33. The molecule has 3 unspecified atom stereocenters. The Morgan fingerprint density at radius 1 is 1.69 bits per heavy atom. The van der Waals surface area contributed by atoms with Crippen molar-refractivity contribution in [1.82, 2.24) is 4.98 Å². The smallest absolute Gasteiger partial charge is 0.309 e. The summed E-state index contributed by atoms with van der Waals surface area (Å²) in [6, 6.07) is 0. The zero-order chi connectivity index (χ0) is 11.5. The van der Waals surface area contributed by atoms with Gasteiger partial charge in [-0.05, 0) is 18.8 Å². The van der Waals surface area contributed by atoms with Crippen molar-refractivity contribution in [2.24, 2.45) is 11.8 Å². The fraction of sp³-hybridized carbons (Fsp3) is 0.667. The number of hydrogen-bond acceptors (Lipinski definition) is 4. The van der Waals surface area contributed by atoms with Crippen LogP contribution < -0.4 is 0 Å². The largest absolute Gasteiger partial charge is 0.462 e. The third kappa shape index (κ3) is 2.43. The van der Waals surface area contributed by atoms with Crippen LogP contribution in [-0.2, 0) is 16.0 Å². The number of hydrogen-bond donors (Lipinski definition) is 0. The number of ether oxygens (including phenoxy) is 1. The van der Waals surface area contributed by atoms with E-state index in [4.69, 9.17) is 4.74 Å². The van der Waals surface area contributed by atoms with Gasteiger partial charge in [0.2, 0.25) is 0 Å². The maximum absolute atomic E-state index is 11.7. The van der Waals surface area contributed by atoms with E-state index in [1.807, 2.05) is 11.7 Å².